The summed E-state index contributed by atoms with van der Waals surface area (Å²) in [4.78, 5) is 16.2. The number of guanidine groups is 1. The van der Waals surface area contributed by atoms with Gasteiger partial charge in [-0.05, 0) is 43.0 Å². The van der Waals surface area contributed by atoms with E-state index in [1.807, 2.05) is 31.2 Å². The molecule has 0 heterocycles. The molecular weight excluding hydrogens is 336 g/mol. The molecule has 3 N–H and O–H groups in total. The zero-order valence-corrected chi connectivity index (χ0v) is 16.7. The molecule has 0 saturated carbocycles. The van der Waals surface area contributed by atoms with Gasteiger partial charge in [0.15, 0.2) is 5.96 Å². The van der Waals surface area contributed by atoms with Gasteiger partial charge in [0, 0.05) is 32.2 Å². The quantitative estimate of drug-likeness (QED) is 0.521. The molecule has 2 aromatic rings. The SMILES string of the molecule is CCNC(=O)c1cccc(CNC(=NC)NCC(C)c2cccc(C)c2)c1. The minimum Gasteiger partial charge on any atom is -0.356 e. The van der Waals surface area contributed by atoms with Gasteiger partial charge in [-0.2, -0.15) is 0 Å². The molecule has 0 aliphatic rings. The fraction of sp³-hybridized carbons (Fsp3) is 0.364. The lowest BCUT2D eigenvalue weighted by Gasteiger charge is -2.17. The highest BCUT2D eigenvalue weighted by molar-refractivity contribution is 5.94. The van der Waals surface area contributed by atoms with Gasteiger partial charge in [0.1, 0.15) is 0 Å². The van der Waals surface area contributed by atoms with Gasteiger partial charge in [0.2, 0.25) is 0 Å². The lowest BCUT2D eigenvalue weighted by molar-refractivity contribution is 0.0955. The summed E-state index contributed by atoms with van der Waals surface area (Å²) in [7, 11) is 1.76. The number of nitrogens with one attached hydrogen (secondary N) is 3. The predicted molar refractivity (Wildman–Crippen MR) is 112 cm³/mol. The first-order valence-electron chi connectivity index (χ1n) is 9.41. The first kappa shape index (κ1) is 20.5. The molecule has 0 fully saturated rings. The fourth-order valence-electron chi connectivity index (χ4n) is 2.84. The van der Waals surface area contributed by atoms with Crippen molar-refractivity contribution in [1.29, 1.82) is 0 Å². The van der Waals surface area contributed by atoms with Crippen molar-refractivity contribution in [2.24, 2.45) is 4.99 Å². The van der Waals surface area contributed by atoms with E-state index in [1.54, 1.807) is 7.05 Å². The maximum atomic E-state index is 12.0. The lowest BCUT2D eigenvalue weighted by Crippen LogP contribution is -2.38. The van der Waals surface area contributed by atoms with Gasteiger partial charge in [-0.25, -0.2) is 0 Å². The summed E-state index contributed by atoms with van der Waals surface area (Å²) < 4.78 is 0. The minimum absolute atomic E-state index is 0.0474. The van der Waals surface area contributed by atoms with Crippen LogP contribution in [0.4, 0.5) is 0 Å². The number of aliphatic imine (C=N–C) groups is 1. The fourth-order valence-corrected chi connectivity index (χ4v) is 2.84. The largest absolute Gasteiger partial charge is 0.356 e. The number of amides is 1. The molecule has 1 unspecified atom stereocenters. The molecule has 1 atom stereocenters. The van der Waals surface area contributed by atoms with E-state index in [0.717, 1.165) is 18.1 Å². The second-order valence-electron chi connectivity index (χ2n) is 6.68. The smallest absolute Gasteiger partial charge is 0.251 e. The standard InChI is InChI=1S/C22H30N4O/c1-5-24-21(27)20-11-7-9-18(13-20)15-26-22(23-4)25-14-17(3)19-10-6-8-16(2)12-19/h6-13,17H,5,14-15H2,1-4H3,(H,24,27)(H2,23,25,26). The Morgan fingerprint density at radius 1 is 1.07 bits per heavy atom. The Bertz CT molecular complexity index is 785. The molecule has 0 spiro atoms. The summed E-state index contributed by atoms with van der Waals surface area (Å²) in [5, 5.41) is 9.51. The molecule has 2 rings (SSSR count). The van der Waals surface area contributed by atoms with Crippen molar-refractivity contribution in [3.05, 3.63) is 70.8 Å². The van der Waals surface area contributed by atoms with E-state index in [2.05, 4.69) is 59.1 Å². The van der Waals surface area contributed by atoms with Crippen LogP contribution in [0, 0.1) is 6.92 Å². The van der Waals surface area contributed by atoms with Crippen molar-refractivity contribution in [3.8, 4) is 0 Å². The average Bonchev–Trinajstić information content (AvgIpc) is 2.68. The summed E-state index contributed by atoms with van der Waals surface area (Å²) in [5.41, 5.74) is 4.29. The van der Waals surface area contributed by atoms with Gasteiger partial charge in [-0.3, -0.25) is 9.79 Å². The van der Waals surface area contributed by atoms with E-state index in [0.29, 0.717) is 24.6 Å². The zero-order valence-electron chi connectivity index (χ0n) is 16.7. The highest BCUT2D eigenvalue weighted by Gasteiger charge is 2.08. The van der Waals surface area contributed by atoms with E-state index in [-0.39, 0.29) is 5.91 Å². The van der Waals surface area contributed by atoms with Gasteiger partial charge in [-0.1, -0.05) is 48.9 Å². The number of rotatable bonds is 7. The molecule has 27 heavy (non-hydrogen) atoms. The van der Waals surface area contributed by atoms with Gasteiger partial charge < -0.3 is 16.0 Å². The summed E-state index contributed by atoms with van der Waals surface area (Å²) in [6.07, 6.45) is 0. The van der Waals surface area contributed by atoms with Crippen molar-refractivity contribution in [2.45, 2.75) is 33.2 Å². The second kappa shape index (κ2) is 10.4. The van der Waals surface area contributed by atoms with Crippen LogP contribution in [0.5, 0.6) is 0 Å². The van der Waals surface area contributed by atoms with Crippen molar-refractivity contribution in [2.75, 3.05) is 20.1 Å². The van der Waals surface area contributed by atoms with Crippen LogP contribution in [0.15, 0.2) is 53.5 Å². The lowest BCUT2D eigenvalue weighted by atomic mass is 9.99. The second-order valence-corrected chi connectivity index (χ2v) is 6.68. The van der Waals surface area contributed by atoms with E-state index in [9.17, 15) is 4.79 Å². The topological polar surface area (TPSA) is 65.5 Å². The average molecular weight is 367 g/mol. The molecule has 0 radical (unpaired) electrons. The first-order chi connectivity index (χ1) is 13.0. The van der Waals surface area contributed by atoms with E-state index in [1.165, 1.54) is 11.1 Å². The van der Waals surface area contributed by atoms with Crippen LogP contribution in [0.3, 0.4) is 0 Å². The van der Waals surface area contributed by atoms with Crippen molar-refractivity contribution in [1.82, 2.24) is 16.0 Å². The number of carbonyl (C=O) groups is 1. The first-order valence-corrected chi connectivity index (χ1v) is 9.41. The third kappa shape index (κ3) is 6.44. The molecule has 0 aromatic heterocycles. The summed E-state index contributed by atoms with van der Waals surface area (Å²) in [6, 6.07) is 16.2. The third-order valence-corrected chi connectivity index (χ3v) is 4.40. The Balaban J connectivity index is 1.88. The van der Waals surface area contributed by atoms with Gasteiger partial charge in [0.25, 0.3) is 5.91 Å². The van der Waals surface area contributed by atoms with E-state index < -0.39 is 0 Å². The van der Waals surface area contributed by atoms with Crippen molar-refractivity contribution < 1.29 is 4.79 Å². The van der Waals surface area contributed by atoms with Crippen LogP contribution < -0.4 is 16.0 Å². The molecule has 0 aliphatic carbocycles. The Morgan fingerprint density at radius 2 is 1.85 bits per heavy atom. The number of benzene rings is 2. The molecular formula is C22H30N4O. The predicted octanol–water partition coefficient (Wildman–Crippen LogP) is 3.21. The molecule has 2 aromatic carbocycles. The Labute approximate surface area is 162 Å². The summed E-state index contributed by atoms with van der Waals surface area (Å²) >= 11 is 0. The van der Waals surface area contributed by atoms with Crippen LogP contribution in [-0.4, -0.2) is 32.0 Å². The maximum absolute atomic E-state index is 12.0. The monoisotopic (exact) mass is 366 g/mol. The van der Waals surface area contributed by atoms with Crippen LogP contribution in [0.25, 0.3) is 0 Å². The number of hydrogen-bond acceptors (Lipinski definition) is 2. The number of hydrogen-bond donors (Lipinski definition) is 3. The van der Waals surface area contributed by atoms with Crippen LogP contribution in [0.2, 0.25) is 0 Å². The highest BCUT2D eigenvalue weighted by Crippen LogP contribution is 2.15. The van der Waals surface area contributed by atoms with Crippen LogP contribution in [0.1, 0.15) is 46.8 Å². The highest BCUT2D eigenvalue weighted by atomic mass is 16.1. The molecule has 5 nitrogen and oxygen atoms in total. The van der Waals surface area contributed by atoms with Gasteiger partial charge in [0.05, 0.1) is 0 Å². The Kier molecular flexibility index (Phi) is 7.86. The number of aryl methyl sites for hydroxylation is 1. The van der Waals surface area contributed by atoms with E-state index >= 15 is 0 Å². The van der Waals surface area contributed by atoms with Crippen molar-refractivity contribution in [3.63, 3.8) is 0 Å². The number of nitrogens with zero attached hydrogens (tertiary/aromatic N) is 1. The van der Waals surface area contributed by atoms with E-state index in [4.69, 9.17) is 0 Å². The van der Waals surface area contributed by atoms with Gasteiger partial charge >= 0.3 is 0 Å². The number of carbonyl (C=O) groups excluding carboxylic acids is 1. The molecule has 0 aliphatic heterocycles. The zero-order chi connectivity index (χ0) is 19.6. The van der Waals surface area contributed by atoms with Crippen LogP contribution >= 0.6 is 0 Å². The molecule has 0 saturated heterocycles. The Hall–Kier alpha value is -2.82. The molecule has 1 amide bonds. The summed E-state index contributed by atoms with van der Waals surface area (Å²) in [6.45, 7) is 8.24. The molecule has 0 bridgehead atoms. The van der Waals surface area contributed by atoms with Gasteiger partial charge in [-0.15, -0.1) is 0 Å². The molecule has 144 valence electrons. The Morgan fingerprint density at radius 3 is 2.56 bits per heavy atom. The summed E-state index contributed by atoms with van der Waals surface area (Å²) in [5.74, 6) is 1.08. The van der Waals surface area contributed by atoms with Crippen LogP contribution in [-0.2, 0) is 6.54 Å². The third-order valence-electron chi connectivity index (χ3n) is 4.40. The van der Waals surface area contributed by atoms with Crippen molar-refractivity contribution >= 4 is 11.9 Å². The maximum Gasteiger partial charge on any atom is 0.251 e. The normalized spacial score (nSPS) is 12.4. The molecule has 5 heteroatoms. The minimum atomic E-state index is -0.0474.